The highest BCUT2D eigenvalue weighted by molar-refractivity contribution is 6.30. The van der Waals surface area contributed by atoms with Crippen LogP contribution in [0, 0.1) is 0 Å². The lowest BCUT2D eigenvalue weighted by Gasteiger charge is -2.12. The predicted octanol–water partition coefficient (Wildman–Crippen LogP) is 6.27. The summed E-state index contributed by atoms with van der Waals surface area (Å²) in [5.41, 5.74) is 2.15. The van der Waals surface area contributed by atoms with Gasteiger partial charge in [0.05, 0.1) is 0 Å². The van der Waals surface area contributed by atoms with Crippen LogP contribution in [0.4, 0.5) is 0 Å². The highest BCUT2D eigenvalue weighted by Gasteiger charge is 2.14. The fourth-order valence-corrected chi connectivity index (χ4v) is 3.01. The molecule has 3 aromatic carbocycles. The molecule has 0 aliphatic carbocycles. The van der Waals surface area contributed by atoms with Crippen LogP contribution in [0.2, 0.25) is 5.02 Å². The Kier molecular flexibility index (Phi) is 5.12. The van der Waals surface area contributed by atoms with E-state index in [1.54, 1.807) is 6.92 Å². The topological polar surface area (TPSA) is 17.1 Å². The molecule has 0 amide bonds. The molecule has 1 atom stereocenters. The number of benzene rings is 3. The average molecular weight is 335 g/mol. The van der Waals surface area contributed by atoms with E-state index in [4.69, 9.17) is 11.6 Å². The van der Waals surface area contributed by atoms with Gasteiger partial charge >= 0.3 is 0 Å². The molecule has 3 aromatic rings. The van der Waals surface area contributed by atoms with Crippen LogP contribution >= 0.6 is 11.6 Å². The minimum absolute atomic E-state index is 0.126. The third-order valence-electron chi connectivity index (χ3n) is 4.22. The Morgan fingerprint density at radius 2 is 1.71 bits per heavy atom. The van der Waals surface area contributed by atoms with E-state index in [9.17, 15) is 4.79 Å². The Labute approximate surface area is 147 Å². The zero-order valence-electron chi connectivity index (χ0n) is 13.6. The molecular weight excluding hydrogens is 316 g/mol. The van der Waals surface area contributed by atoms with Crippen LogP contribution in [0.3, 0.4) is 0 Å². The maximum Gasteiger partial charge on any atom is 0.137 e. The van der Waals surface area contributed by atoms with Gasteiger partial charge < -0.3 is 0 Å². The van der Waals surface area contributed by atoms with Crippen molar-refractivity contribution < 1.29 is 4.79 Å². The molecule has 120 valence electrons. The van der Waals surface area contributed by atoms with Crippen molar-refractivity contribution in [3.8, 4) is 0 Å². The first kappa shape index (κ1) is 16.5. The van der Waals surface area contributed by atoms with Crippen LogP contribution in [-0.4, -0.2) is 5.78 Å². The van der Waals surface area contributed by atoms with E-state index in [-0.39, 0.29) is 11.7 Å². The van der Waals surface area contributed by atoms with Crippen LogP contribution in [0.25, 0.3) is 16.8 Å². The van der Waals surface area contributed by atoms with Crippen molar-refractivity contribution >= 4 is 34.2 Å². The Morgan fingerprint density at radius 1 is 1.00 bits per heavy atom. The van der Waals surface area contributed by atoms with Crippen molar-refractivity contribution in [3.63, 3.8) is 0 Å². The summed E-state index contributed by atoms with van der Waals surface area (Å²) >= 11 is 5.93. The third kappa shape index (κ3) is 3.93. The Morgan fingerprint density at radius 3 is 2.42 bits per heavy atom. The molecule has 1 nitrogen and oxygen atoms in total. The van der Waals surface area contributed by atoms with Crippen molar-refractivity contribution in [2.24, 2.45) is 0 Å². The first-order chi connectivity index (χ1) is 11.6. The van der Waals surface area contributed by atoms with E-state index in [2.05, 4.69) is 42.5 Å². The zero-order chi connectivity index (χ0) is 16.9. The maximum absolute atomic E-state index is 12.0. The molecule has 0 unspecified atom stereocenters. The quantitative estimate of drug-likeness (QED) is 0.537. The lowest BCUT2D eigenvalue weighted by molar-refractivity contribution is -0.118. The van der Waals surface area contributed by atoms with Crippen molar-refractivity contribution in [2.45, 2.75) is 19.3 Å². The summed E-state index contributed by atoms with van der Waals surface area (Å²) < 4.78 is 0. The molecule has 0 fully saturated rings. The van der Waals surface area contributed by atoms with Crippen LogP contribution in [0.15, 0.2) is 72.8 Å². The molecule has 0 bridgehead atoms. The van der Waals surface area contributed by atoms with E-state index >= 15 is 0 Å². The van der Waals surface area contributed by atoms with Gasteiger partial charge in [-0.1, -0.05) is 72.3 Å². The monoisotopic (exact) mass is 334 g/mol. The van der Waals surface area contributed by atoms with Gasteiger partial charge in [-0.2, -0.15) is 0 Å². The number of rotatable bonds is 5. The molecule has 0 spiro atoms. The molecular formula is C22H19ClO. The van der Waals surface area contributed by atoms with E-state index in [0.29, 0.717) is 11.4 Å². The van der Waals surface area contributed by atoms with Crippen molar-refractivity contribution in [2.75, 3.05) is 0 Å². The molecule has 24 heavy (non-hydrogen) atoms. The molecule has 0 aliphatic heterocycles. The molecule has 0 aromatic heterocycles. The second-order valence-corrected chi connectivity index (χ2v) is 6.40. The Balaban J connectivity index is 1.76. The highest BCUT2D eigenvalue weighted by atomic mass is 35.5. The van der Waals surface area contributed by atoms with Crippen LogP contribution < -0.4 is 0 Å². The minimum Gasteiger partial charge on any atom is -0.299 e. The lowest BCUT2D eigenvalue weighted by atomic mass is 9.92. The summed E-state index contributed by atoms with van der Waals surface area (Å²) in [4.78, 5) is 12.0. The lowest BCUT2D eigenvalue weighted by Crippen LogP contribution is -2.07. The number of allylic oxidation sites excluding steroid dienone is 1. The van der Waals surface area contributed by atoms with Crippen LogP contribution in [0.5, 0.6) is 0 Å². The fraction of sp³-hybridized carbons (Fsp3) is 0.136. The summed E-state index contributed by atoms with van der Waals surface area (Å²) in [6, 6.07) is 22.2. The molecule has 0 aliphatic rings. The van der Waals surface area contributed by atoms with Crippen LogP contribution in [-0.2, 0) is 4.79 Å². The summed E-state index contributed by atoms with van der Waals surface area (Å²) in [6.07, 6.45) is 4.84. The third-order valence-corrected chi connectivity index (χ3v) is 4.47. The number of ketones is 1. The smallest absolute Gasteiger partial charge is 0.137 e. The summed E-state index contributed by atoms with van der Waals surface area (Å²) in [5, 5.41) is 3.14. The van der Waals surface area contributed by atoms with Gasteiger partial charge in [0, 0.05) is 10.9 Å². The molecule has 0 radical (unpaired) electrons. The van der Waals surface area contributed by atoms with E-state index in [1.807, 2.05) is 36.4 Å². The van der Waals surface area contributed by atoms with Crippen LogP contribution in [0.1, 0.15) is 30.4 Å². The molecule has 0 saturated carbocycles. The summed E-state index contributed by atoms with van der Waals surface area (Å²) in [7, 11) is 0. The van der Waals surface area contributed by atoms with E-state index < -0.39 is 0 Å². The predicted molar refractivity (Wildman–Crippen MR) is 102 cm³/mol. The summed E-state index contributed by atoms with van der Waals surface area (Å²) in [6.45, 7) is 1.64. The SMILES string of the molecule is CC(=O)[C@@H](C/C=C/c1ccc2ccccc2c1)c1ccc(Cl)cc1. The highest BCUT2D eigenvalue weighted by Crippen LogP contribution is 2.24. The molecule has 0 N–H and O–H groups in total. The maximum atomic E-state index is 12.0. The molecule has 0 heterocycles. The normalized spacial score (nSPS) is 12.6. The first-order valence-corrected chi connectivity index (χ1v) is 8.42. The standard InChI is InChI=1S/C22H19ClO/c1-16(24)22(19-11-13-21(23)14-12-19)8-4-5-17-9-10-18-6-2-3-7-20(18)15-17/h2-7,9-15,22H,8H2,1H3/b5-4+/t22-/m1/s1. The Bertz CT molecular complexity index is 878. The largest absolute Gasteiger partial charge is 0.299 e. The fourth-order valence-electron chi connectivity index (χ4n) is 2.88. The van der Waals surface area contributed by atoms with Gasteiger partial charge in [-0.15, -0.1) is 0 Å². The van der Waals surface area contributed by atoms with Gasteiger partial charge in [-0.3, -0.25) is 4.79 Å². The molecule has 2 heteroatoms. The number of halogens is 1. The second-order valence-electron chi connectivity index (χ2n) is 5.96. The number of hydrogen-bond donors (Lipinski definition) is 0. The van der Waals surface area contributed by atoms with Gasteiger partial charge in [0.25, 0.3) is 0 Å². The number of carbonyl (C=O) groups is 1. The van der Waals surface area contributed by atoms with Gasteiger partial charge in [0.1, 0.15) is 5.78 Å². The van der Waals surface area contributed by atoms with Crippen molar-refractivity contribution in [1.82, 2.24) is 0 Å². The number of hydrogen-bond acceptors (Lipinski definition) is 1. The number of Topliss-reactive ketones (excluding diaryl/α,β-unsaturated/α-hetero) is 1. The first-order valence-electron chi connectivity index (χ1n) is 8.05. The number of fused-ring (bicyclic) bond motifs is 1. The van der Waals surface area contributed by atoms with E-state index in [0.717, 1.165) is 11.1 Å². The van der Waals surface area contributed by atoms with E-state index in [1.165, 1.54) is 10.8 Å². The summed E-state index contributed by atoms with van der Waals surface area (Å²) in [5.74, 6) is 0.0412. The van der Waals surface area contributed by atoms with Crippen molar-refractivity contribution in [3.05, 3.63) is 89.0 Å². The molecule has 3 rings (SSSR count). The molecule has 0 saturated heterocycles. The number of carbonyl (C=O) groups excluding carboxylic acids is 1. The minimum atomic E-state index is -0.126. The van der Waals surface area contributed by atoms with Gasteiger partial charge in [-0.05, 0) is 53.4 Å². The van der Waals surface area contributed by atoms with Gasteiger partial charge in [-0.25, -0.2) is 0 Å². The zero-order valence-corrected chi connectivity index (χ0v) is 14.3. The van der Waals surface area contributed by atoms with Gasteiger partial charge in [0.2, 0.25) is 0 Å². The van der Waals surface area contributed by atoms with Gasteiger partial charge in [0.15, 0.2) is 0 Å². The second kappa shape index (κ2) is 7.46. The van der Waals surface area contributed by atoms with Crippen molar-refractivity contribution in [1.29, 1.82) is 0 Å². The Hall–Kier alpha value is -2.38. The average Bonchev–Trinajstić information content (AvgIpc) is 2.59.